The molecule has 144 valence electrons. The van der Waals surface area contributed by atoms with Gasteiger partial charge in [-0.2, -0.15) is 5.10 Å². The number of fused-ring (bicyclic) bond motifs is 2. The molecule has 2 aliphatic heterocycles. The maximum absolute atomic E-state index is 13.1. The third kappa shape index (κ3) is 3.29. The molecule has 2 saturated heterocycles. The van der Waals surface area contributed by atoms with Crippen molar-refractivity contribution in [2.45, 2.75) is 64.7 Å². The Kier molecular flexibility index (Phi) is 5.04. The van der Waals surface area contributed by atoms with E-state index in [1.165, 1.54) is 17.5 Å². The standard InChI is InChI=1S/C22H29N3O2/c1-3-24-15-18(14-23-24)16-25-19-10-11-20(25)22(13-19,21(26)27-4-2)12-17-8-6-5-7-9-17/h5-9,14-15,19-20H,3-4,10-13,16H2,1-2H3/t19-,20+,22+/m0/s1. The normalized spacial score (nSPS) is 27.2. The van der Waals surface area contributed by atoms with Crippen LogP contribution < -0.4 is 0 Å². The second-order valence-electron chi connectivity index (χ2n) is 7.87. The van der Waals surface area contributed by atoms with Crippen LogP contribution in [0, 0.1) is 5.41 Å². The van der Waals surface area contributed by atoms with Crippen LogP contribution >= 0.6 is 0 Å². The summed E-state index contributed by atoms with van der Waals surface area (Å²) in [5.74, 6) is -0.0182. The highest BCUT2D eigenvalue weighted by Crippen LogP contribution is 2.52. The molecule has 0 saturated carbocycles. The molecular formula is C22H29N3O2. The van der Waals surface area contributed by atoms with Crippen LogP contribution in [0.25, 0.3) is 0 Å². The first-order valence-electron chi connectivity index (χ1n) is 10.1. The summed E-state index contributed by atoms with van der Waals surface area (Å²) < 4.78 is 7.56. The summed E-state index contributed by atoms with van der Waals surface area (Å²) in [6.07, 6.45) is 7.98. The minimum Gasteiger partial charge on any atom is -0.466 e. The molecule has 27 heavy (non-hydrogen) atoms. The van der Waals surface area contributed by atoms with Gasteiger partial charge in [0.05, 0.1) is 18.2 Å². The summed E-state index contributed by atoms with van der Waals surface area (Å²) in [6.45, 7) is 6.19. The predicted octanol–water partition coefficient (Wildman–Crippen LogP) is 3.43. The second-order valence-corrected chi connectivity index (χ2v) is 7.87. The molecule has 2 aromatic rings. The highest BCUT2D eigenvalue weighted by Gasteiger charge is 2.60. The third-order valence-electron chi connectivity index (χ3n) is 6.30. The molecule has 0 aliphatic carbocycles. The number of esters is 1. The van der Waals surface area contributed by atoms with Crippen molar-refractivity contribution in [3.05, 3.63) is 53.9 Å². The first-order valence-corrected chi connectivity index (χ1v) is 10.1. The first kappa shape index (κ1) is 18.2. The van der Waals surface area contributed by atoms with Crippen LogP contribution in [0.2, 0.25) is 0 Å². The summed E-state index contributed by atoms with van der Waals surface area (Å²) >= 11 is 0. The number of aromatic nitrogens is 2. The van der Waals surface area contributed by atoms with Gasteiger partial charge in [0, 0.05) is 36.9 Å². The third-order valence-corrected chi connectivity index (χ3v) is 6.30. The van der Waals surface area contributed by atoms with Crippen molar-refractivity contribution in [2.24, 2.45) is 5.41 Å². The average Bonchev–Trinajstić information content (AvgIpc) is 3.37. The second kappa shape index (κ2) is 7.47. The molecule has 5 heteroatoms. The number of benzene rings is 1. The monoisotopic (exact) mass is 367 g/mol. The molecular weight excluding hydrogens is 338 g/mol. The number of nitrogens with zero attached hydrogens (tertiary/aromatic N) is 3. The zero-order valence-corrected chi connectivity index (χ0v) is 16.3. The summed E-state index contributed by atoms with van der Waals surface area (Å²) in [5.41, 5.74) is 2.02. The predicted molar refractivity (Wildman–Crippen MR) is 104 cm³/mol. The number of ether oxygens (including phenoxy) is 1. The minimum atomic E-state index is -0.430. The lowest BCUT2D eigenvalue weighted by Gasteiger charge is -2.35. The minimum absolute atomic E-state index is 0.0182. The Morgan fingerprint density at radius 3 is 2.74 bits per heavy atom. The van der Waals surface area contributed by atoms with E-state index in [1.807, 2.05) is 23.9 Å². The molecule has 0 unspecified atom stereocenters. The lowest BCUT2D eigenvalue weighted by atomic mass is 9.70. The summed E-state index contributed by atoms with van der Waals surface area (Å²) in [6, 6.07) is 11.1. The fraction of sp³-hybridized carbons (Fsp3) is 0.545. The average molecular weight is 367 g/mol. The quantitative estimate of drug-likeness (QED) is 0.704. The first-order chi connectivity index (χ1) is 13.2. The highest BCUT2D eigenvalue weighted by molar-refractivity contribution is 5.79. The molecule has 2 fully saturated rings. The van der Waals surface area contributed by atoms with Crippen LogP contribution in [0.1, 0.15) is 44.2 Å². The molecule has 2 bridgehead atoms. The summed E-state index contributed by atoms with van der Waals surface area (Å²) in [4.78, 5) is 15.7. The van der Waals surface area contributed by atoms with Crippen molar-refractivity contribution < 1.29 is 9.53 Å². The van der Waals surface area contributed by atoms with Gasteiger partial charge in [0.15, 0.2) is 0 Å². The molecule has 0 N–H and O–H groups in total. The molecule has 1 aromatic carbocycles. The lowest BCUT2D eigenvalue weighted by molar-refractivity contribution is -0.157. The fourth-order valence-corrected chi connectivity index (χ4v) is 5.13. The van der Waals surface area contributed by atoms with Gasteiger partial charge in [-0.15, -0.1) is 0 Å². The van der Waals surface area contributed by atoms with Gasteiger partial charge in [-0.1, -0.05) is 30.3 Å². The molecule has 1 aromatic heterocycles. The van der Waals surface area contributed by atoms with Crippen LogP contribution in [-0.2, 0) is 29.0 Å². The molecule has 0 spiro atoms. The molecule has 2 aliphatic rings. The number of rotatable bonds is 7. The van der Waals surface area contributed by atoms with Crippen molar-refractivity contribution in [3.8, 4) is 0 Å². The van der Waals surface area contributed by atoms with E-state index in [9.17, 15) is 4.79 Å². The van der Waals surface area contributed by atoms with E-state index in [2.05, 4.69) is 47.4 Å². The molecule has 5 nitrogen and oxygen atoms in total. The van der Waals surface area contributed by atoms with Gasteiger partial charge < -0.3 is 4.74 Å². The molecule has 3 atom stereocenters. The van der Waals surface area contributed by atoms with Gasteiger partial charge in [0.1, 0.15) is 0 Å². The Labute approximate surface area is 161 Å². The molecule has 0 amide bonds. The van der Waals surface area contributed by atoms with E-state index >= 15 is 0 Å². The zero-order chi connectivity index (χ0) is 18.9. The number of carbonyl (C=O) groups excluding carboxylic acids is 1. The van der Waals surface area contributed by atoms with Crippen molar-refractivity contribution in [3.63, 3.8) is 0 Å². The summed E-state index contributed by atoms with van der Waals surface area (Å²) in [7, 11) is 0. The van der Waals surface area contributed by atoms with E-state index < -0.39 is 5.41 Å². The van der Waals surface area contributed by atoms with Gasteiger partial charge in [-0.25, -0.2) is 0 Å². The molecule has 3 heterocycles. The molecule has 0 radical (unpaired) electrons. The van der Waals surface area contributed by atoms with E-state index in [-0.39, 0.29) is 12.0 Å². The van der Waals surface area contributed by atoms with Gasteiger partial charge in [0.25, 0.3) is 0 Å². The van der Waals surface area contributed by atoms with Crippen LogP contribution in [0.5, 0.6) is 0 Å². The number of hydrogen-bond donors (Lipinski definition) is 0. The zero-order valence-electron chi connectivity index (χ0n) is 16.3. The van der Waals surface area contributed by atoms with Gasteiger partial charge >= 0.3 is 5.97 Å². The number of hydrogen-bond acceptors (Lipinski definition) is 4. The Balaban J connectivity index is 1.61. The Hall–Kier alpha value is -2.14. The van der Waals surface area contributed by atoms with Crippen LogP contribution in [0.15, 0.2) is 42.7 Å². The van der Waals surface area contributed by atoms with Crippen molar-refractivity contribution in [2.75, 3.05) is 6.61 Å². The smallest absolute Gasteiger partial charge is 0.314 e. The number of aryl methyl sites for hydroxylation is 1. The van der Waals surface area contributed by atoms with E-state index in [0.717, 1.165) is 32.4 Å². The van der Waals surface area contributed by atoms with Crippen LogP contribution in [0.3, 0.4) is 0 Å². The van der Waals surface area contributed by atoms with E-state index in [0.29, 0.717) is 12.6 Å². The summed E-state index contributed by atoms with van der Waals surface area (Å²) in [5, 5.41) is 4.41. The van der Waals surface area contributed by atoms with E-state index in [4.69, 9.17) is 4.74 Å². The topological polar surface area (TPSA) is 47.4 Å². The Morgan fingerprint density at radius 2 is 2.04 bits per heavy atom. The maximum Gasteiger partial charge on any atom is 0.314 e. The largest absolute Gasteiger partial charge is 0.466 e. The van der Waals surface area contributed by atoms with Gasteiger partial charge in [-0.3, -0.25) is 14.4 Å². The lowest BCUT2D eigenvalue weighted by Crippen LogP contribution is -2.46. The fourth-order valence-electron chi connectivity index (χ4n) is 5.13. The number of carbonyl (C=O) groups is 1. The van der Waals surface area contributed by atoms with Gasteiger partial charge in [-0.05, 0) is 45.1 Å². The van der Waals surface area contributed by atoms with Crippen LogP contribution in [-0.4, -0.2) is 39.3 Å². The van der Waals surface area contributed by atoms with Crippen molar-refractivity contribution >= 4 is 5.97 Å². The Morgan fingerprint density at radius 1 is 1.22 bits per heavy atom. The van der Waals surface area contributed by atoms with E-state index in [1.54, 1.807) is 0 Å². The SMILES string of the molecule is CCOC(=O)[C@]1(Cc2ccccc2)C[C@@H]2CC[C@H]1N2Cc1cnn(CC)c1. The van der Waals surface area contributed by atoms with Crippen molar-refractivity contribution in [1.82, 2.24) is 14.7 Å². The molecule has 4 rings (SSSR count). The Bertz CT molecular complexity index is 788. The maximum atomic E-state index is 13.1. The van der Waals surface area contributed by atoms with Crippen molar-refractivity contribution in [1.29, 1.82) is 0 Å². The van der Waals surface area contributed by atoms with Gasteiger partial charge in [0.2, 0.25) is 0 Å². The van der Waals surface area contributed by atoms with Crippen LogP contribution in [0.4, 0.5) is 0 Å². The highest BCUT2D eigenvalue weighted by atomic mass is 16.5.